The van der Waals surface area contributed by atoms with Gasteiger partial charge >= 0.3 is 0 Å². The van der Waals surface area contributed by atoms with Gasteiger partial charge in [0.25, 0.3) is 0 Å². The monoisotopic (exact) mass is 374 g/mol. The molecule has 0 N–H and O–H groups in total. The number of unbranched alkanes of at least 4 members (excludes halogenated alkanes) is 2. The summed E-state index contributed by atoms with van der Waals surface area (Å²) in [5.74, 6) is 0. The molecule has 0 amide bonds. The van der Waals surface area contributed by atoms with E-state index < -0.39 is 0 Å². The highest BCUT2D eigenvalue weighted by atomic mass is 13.9. The Kier molecular flexibility index (Phi) is 240. The maximum Gasteiger partial charge on any atom is -0.0285 e. The van der Waals surface area contributed by atoms with Crippen LogP contribution in [0.4, 0.5) is 0 Å². The largest absolute Gasteiger partial charge is 0.103 e. The number of rotatable bonds is 5. The fourth-order valence-electron chi connectivity index (χ4n) is 1.01. The van der Waals surface area contributed by atoms with Gasteiger partial charge in [0.1, 0.15) is 0 Å². The maximum absolute atomic E-state index is 3.68. The minimum Gasteiger partial charge on any atom is -0.103 e. The van der Waals surface area contributed by atoms with Gasteiger partial charge in [-0.15, -0.1) is 6.58 Å². The van der Waals surface area contributed by atoms with E-state index in [1.807, 2.05) is 89.2 Å². The van der Waals surface area contributed by atoms with Gasteiger partial charge in [0, 0.05) is 0 Å². The van der Waals surface area contributed by atoms with Crippen molar-refractivity contribution in [2.24, 2.45) is 0 Å². The predicted molar refractivity (Wildman–Crippen MR) is 137 cm³/mol. The molecule has 0 aliphatic heterocycles. The molecule has 0 radical (unpaired) electrons. The molecule has 0 aromatic heterocycles. The highest BCUT2D eigenvalue weighted by Crippen LogP contribution is 2.03. The van der Waals surface area contributed by atoms with Crippen molar-refractivity contribution in [2.45, 2.75) is 136 Å². The second kappa shape index (κ2) is 125. The van der Waals surface area contributed by atoms with E-state index in [9.17, 15) is 0 Å². The zero-order valence-electron chi connectivity index (χ0n) is 22.2. The molecule has 0 nitrogen and oxygen atoms in total. The molecule has 0 unspecified atom stereocenters. The van der Waals surface area contributed by atoms with Crippen LogP contribution in [0, 0.1) is 0 Å². The molecule has 0 bridgehead atoms. The average molecular weight is 375 g/mol. The quantitative estimate of drug-likeness (QED) is 0.331. The van der Waals surface area contributed by atoms with Gasteiger partial charge in [-0.25, -0.2) is 0 Å². The van der Waals surface area contributed by atoms with Crippen LogP contribution in [0.2, 0.25) is 0 Å². The van der Waals surface area contributed by atoms with Crippen molar-refractivity contribution in [3.05, 3.63) is 37.0 Å². The number of hydrogen-bond donors (Lipinski definition) is 0. The van der Waals surface area contributed by atoms with E-state index in [0.717, 1.165) is 0 Å². The zero-order chi connectivity index (χ0) is 23.2. The third-order valence-electron chi connectivity index (χ3n) is 1.88. The van der Waals surface area contributed by atoms with Crippen molar-refractivity contribution in [3.63, 3.8) is 0 Å². The molecule has 0 atom stereocenters. The highest BCUT2D eigenvalue weighted by molar-refractivity contribution is 5.14. The molecule has 0 aliphatic carbocycles. The second-order valence-corrected chi connectivity index (χ2v) is 3.58. The summed E-state index contributed by atoms with van der Waals surface area (Å²) >= 11 is 0. The summed E-state index contributed by atoms with van der Waals surface area (Å²) in [4.78, 5) is 0. The smallest absolute Gasteiger partial charge is 0.0285 e. The third-order valence-corrected chi connectivity index (χ3v) is 1.88. The molecule has 0 rings (SSSR count). The Hall–Kier alpha value is -0.780. The molecule has 0 aromatic carbocycles. The molecule has 0 heteroatoms. The van der Waals surface area contributed by atoms with Crippen LogP contribution in [-0.4, -0.2) is 0 Å². The van der Waals surface area contributed by atoms with E-state index in [4.69, 9.17) is 0 Å². The van der Waals surface area contributed by atoms with E-state index in [1.54, 1.807) is 6.08 Å². The lowest BCUT2D eigenvalue weighted by molar-refractivity contribution is 0.772. The molecule has 0 heterocycles. The van der Waals surface area contributed by atoms with Crippen LogP contribution in [0.1, 0.15) is 136 Å². The van der Waals surface area contributed by atoms with Crippen LogP contribution in [0.5, 0.6) is 0 Å². The Morgan fingerprint density at radius 2 is 0.885 bits per heavy atom. The number of allylic oxidation sites excluding steroid dienone is 4. The first-order chi connectivity index (χ1) is 12.7. The third kappa shape index (κ3) is 170. The standard InChI is InChI=1S/C8H14.C5H12.C3H6.5C2H6/c1-4-7-8(5-2)6-3;1-3-5-4-2;1-3-2;5*1-2/h5-6H,2,4,7H2,1,3H3;3-5H2,1-2H3;3H,1H2,2H3;5*1-2H3/b8-6+;;;;;;;. The summed E-state index contributed by atoms with van der Waals surface area (Å²) in [6, 6.07) is 0. The van der Waals surface area contributed by atoms with E-state index in [1.165, 1.54) is 37.7 Å². The molecule has 0 aliphatic rings. The lowest BCUT2D eigenvalue weighted by atomic mass is 10.1. The van der Waals surface area contributed by atoms with Gasteiger partial charge in [-0.1, -0.05) is 146 Å². The Morgan fingerprint density at radius 3 is 0.923 bits per heavy atom. The minimum atomic E-state index is 1.17. The van der Waals surface area contributed by atoms with Crippen LogP contribution in [0.25, 0.3) is 0 Å². The van der Waals surface area contributed by atoms with Gasteiger partial charge in [0.15, 0.2) is 0 Å². The van der Waals surface area contributed by atoms with Gasteiger partial charge in [-0.2, -0.15) is 0 Å². The minimum absolute atomic E-state index is 1.17. The first-order valence-corrected chi connectivity index (χ1v) is 11.5. The Labute approximate surface area is 173 Å². The molecule has 0 saturated heterocycles. The molecular weight excluding hydrogens is 312 g/mol. The van der Waals surface area contributed by atoms with Gasteiger partial charge in [-0.05, 0) is 20.3 Å². The van der Waals surface area contributed by atoms with Gasteiger partial charge in [0.05, 0.1) is 0 Å². The molecule has 0 fully saturated rings. The van der Waals surface area contributed by atoms with Gasteiger partial charge < -0.3 is 0 Å². The lowest BCUT2D eigenvalue weighted by Gasteiger charge is -1.93. The maximum atomic E-state index is 3.68. The molecule has 0 aromatic rings. The second-order valence-electron chi connectivity index (χ2n) is 3.58. The van der Waals surface area contributed by atoms with Crippen molar-refractivity contribution < 1.29 is 0 Å². The van der Waals surface area contributed by atoms with E-state index >= 15 is 0 Å². The Bertz CT molecular complexity index is 149. The molecule has 0 spiro atoms. The van der Waals surface area contributed by atoms with Gasteiger partial charge in [0.2, 0.25) is 0 Å². The van der Waals surface area contributed by atoms with Crippen molar-refractivity contribution >= 4 is 0 Å². The fourth-order valence-corrected chi connectivity index (χ4v) is 1.01. The fraction of sp³-hybridized carbons (Fsp3) is 0.769. The van der Waals surface area contributed by atoms with Crippen molar-refractivity contribution in [1.29, 1.82) is 0 Å². The SMILES string of the molecule is C=C/C(=C\C)CCC.C=CC.CC.CC.CC.CC.CC.CCCCC. The summed E-state index contributed by atoms with van der Waals surface area (Å²) in [5, 5.41) is 0. The Balaban J connectivity index is -0.0000000262. The summed E-state index contributed by atoms with van der Waals surface area (Å²) in [6.45, 7) is 37.6. The lowest BCUT2D eigenvalue weighted by Crippen LogP contribution is -1.73. The van der Waals surface area contributed by atoms with Crippen molar-refractivity contribution in [1.82, 2.24) is 0 Å². The van der Waals surface area contributed by atoms with Crippen molar-refractivity contribution in [3.8, 4) is 0 Å². The van der Waals surface area contributed by atoms with E-state index in [0.29, 0.717) is 0 Å². The molecule has 166 valence electrons. The molecule has 26 heavy (non-hydrogen) atoms. The molecular formula is C26H62. The average Bonchev–Trinajstić information content (AvgIpc) is 2.75. The normalized spacial score (nSPS) is 6.81. The summed E-state index contributed by atoms with van der Waals surface area (Å²) in [5.41, 5.74) is 1.35. The van der Waals surface area contributed by atoms with Crippen LogP contribution in [0.3, 0.4) is 0 Å². The van der Waals surface area contributed by atoms with Gasteiger partial charge in [-0.3, -0.25) is 0 Å². The molecule has 0 saturated carbocycles. The van der Waals surface area contributed by atoms with E-state index in [-0.39, 0.29) is 0 Å². The predicted octanol–water partition coefficient (Wildman–Crippen LogP) is 11.4. The zero-order valence-corrected chi connectivity index (χ0v) is 22.2. The Morgan fingerprint density at radius 1 is 0.615 bits per heavy atom. The van der Waals surface area contributed by atoms with Crippen LogP contribution < -0.4 is 0 Å². The topological polar surface area (TPSA) is 0 Å². The van der Waals surface area contributed by atoms with E-state index in [2.05, 4.69) is 40.0 Å². The van der Waals surface area contributed by atoms with Crippen LogP contribution in [0.15, 0.2) is 37.0 Å². The van der Waals surface area contributed by atoms with Crippen LogP contribution >= 0.6 is 0 Å². The first-order valence-electron chi connectivity index (χ1n) is 11.5. The summed E-state index contributed by atoms with van der Waals surface area (Å²) in [7, 11) is 0. The highest BCUT2D eigenvalue weighted by Gasteiger charge is 1.83. The summed E-state index contributed by atoms with van der Waals surface area (Å²) in [6.07, 6.45) is 12.2. The number of hydrogen-bond acceptors (Lipinski definition) is 0. The summed E-state index contributed by atoms with van der Waals surface area (Å²) < 4.78 is 0. The van der Waals surface area contributed by atoms with Crippen LogP contribution in [-0.2, 0) is 0 Å². The first kappa shape index (κ1) is 49.9. The van der Waals surface area contributed by atoms with Crippen molar-refractivity contribution in [2.75, 3.05) is 0 Å².